The average molecular weight is 541 g/mol. The van der Waals surface area contributed by atoms with Gasteiger partial charge in [-0.1, -0.05) is 44.4 Å². The highest BCUT2D eigenvalue weighted by atomic mass is 16.6. The summed E-state index contributed by atoms with van der Waals surface area (Å²) in [5.74, 6) is -0.422. The van der Waals surface area contributed by atoms with Gasteiger partial charge in [0.25, 0.3) is 5.91 Å². The molecule has 39 heavy (non-hydrogen) atoms. The van der Waals surface area contributed by atoms with Crippen LogP contribution in [0.1, 0.15) is 69.4 Å². The van der Waals surface area contributed by atoms with E-state index in [4.69, 9.17) is 4.74 Å². The van der Waals surface area contributed by atoms with Crippen LogP contribution in [0.25, 0.3) is 0 Å². The monoisotopic (exact) mass is 540 g/mol. The van der Waals surface area contributed by atoms with Crippen molar-refractivity contribution < 1.29 is 19.1 Å². The Balaban J connectivity index is 2.02. The molecule has 10 heteroatoms. The number of benzene rings is 1. The quantitative estimate of drug-likeness (QED) is 0.296. The Kier molecular flexibility index (Phi) is 12.7. The second-order valence-corrected chi connectivity index (χ2v) is 10.7. The van der Waals surface area contributed by atoms with Gasteiger partial charge in [0.15, 0.2) is 0 Å². The third kappa shape index (κ3) is 12.2. The molecular weight excluding hydrogens is 496 g/mol. The van der Waals surface area contributed by atoms with Crippen molar-refractivity contribution in [3.05, 3.63) is 53.9 Å². The second-order valence-electron chi connectivity index (χ2n) is 10.7. The third-order valence-electron chi connectivity index (χ3n) is 5.65. The molecule has 0 aliphatic heterocycles. The summed E-state index contributed by atoms with van der Waals surface area (Å²) in [6.45, 7) is 9.82. The molecule has 1 aromatic heterocycles. The molecule has 0 radical (unpaired) electrons. The van der Waals surface area contributed by atoms with Crippen LogP contribution in [-0.4, -0.2) is 72.1 Å². The van der Waals surface area contributed by atoms with Crippen molar-refractivity contribution in [3.63, 3.8) is 0 Å². The number of unbranched alkanes of at least 4 members (excludes halogenated alkanes) is 3. The number of para-hydroxylation sites is 2. The van der Waals surface area contributed by atoms with E-state index in [9.17, 15) is 14.4 Å². The number of rotatable bonds is 13. The third-order valence-corrected chi connectivity index (χ3v) is 5.65. The number of ether oxygens (including phenoxy) is 1. The van der Waals surface area contributed by atoms with Crippen molar-refractivity contribution in [1.29, 1.82) is 0 Å². The van der Waals surface area contributed by atoms with Gasteiger partial charge in [-0.3, -0.25) is 15.1 Å². The molecule has 4 amide bonds. The van der Waals surface area contributed by atoms with Gasteiger partial charge in [0, 0.05) is 32.4 Å². The van der Waals surface area contributed by atoms with Gasteiger partial charge < -0.3 is 25.2 Å². The minimum Gasteiger partial charge on any atom is -0.444 e. The number of nitrogens with zero attached hydrogens (tertiary/aromatic N) is 3. The van der Waals surface area contributed by atoms with Gasteiger partial charge in [-0.25, -0.2) is 9.59 Å². The summed E-state index contributed by atoms with van der Waals surface area (Å²) in [6.07, 6.45) is 5.37. The van der Waals surface area contributed by atoms with Gasteiger partial charge in [-0.05, 0) is 65.0 Å². The van der Waals surface area contributed by atoms with Crippen LogP contribution in [0.2, 0.25) is 0 Å². The molecule has 0 atom stereocenters. The Morgan fingerprint density at radius 1 is 0.923 bits per heavy atom. The van der Waals surface area contributed by atoms with Crippen molar-refractivity contribution in [3.8, 4) is 0 Å². The summed E-state index contributed by atoms with van der Waals surface area (Å²) < 4.78 is 5.31. The fraction of sp³-hybridized carbons (Fsp3) is 0.517. The number of nitrogens with one attached hydrogen (secondary N) is 3. The first-order chi connectivity index (χ1) is 18.5. The zero-order valence-corrected chi connectivity index (χ0v) is 24.2. The Morgan fingerprint density at radius 3 is 2.21 bits per heavy atom. The second kappa shape index (κ2) is 15.7. The van der Waals surface area contributed by atoms with E-state index in [1.807, 2.05) is 19.0 Å². The Labute approximate surface area is 232 Å². The highest BCUT2D eigenvalue weighted by molar-refractivity contribution is 6.05. The van der Waals surface area contributed by atoms with Crippen molar-refractivity contribution in [1.82, 2.24) is 20.1 Å². The molecular formula is C29H44N6O4. The predicted molar refractivity (Wildman–Crippen MR) is 155 cm³/mol. The highest BCUT2D eigenvalue weighted by Gasteiger charge is 2.19. The van der Waals surface area contributed by atoms with E-state index < -0.39 is 17.6 Å². The molecule has 3 N–H and O–H groups in total. The van der Waals surface area contributed by atoms with Crippen LogP contribution in [0.15, 0.2) is 42.6 Å². The number of hydrogen-bond acceptors (Lipinski definition) is 6. The standard InChI is InChI=1S/C29H44N6O4/c1-7-8-9-12-17-30-27(37)35(19-18-34(5)6)21-22-15-16-25(31-20-22)26(36)32-23-13-10-11-14-24(23)33-28(38)39-29(2,3)4/h10-11,13-16,20H,7-9,12,17-19,21H2,1-6H3,(H,30,37)(H,32,36)(H,33,38). The van der Waals surface area contributed by atoms with E-state index in [0.717, 1.165) is 37.8 Å². The fourth-order valence-electron chi connectivity index (χ4n) is 3.61. The van der Waals surface area contributed by atoms with E-state index in [-0.39, 0.29) is 11.7 Å². The number of aromatic nitrogens is 1. The Hall–Kier alpha value is -3.66. The van der Waals surface area contributed by atoms with E-state index in [1.165, 1.54) is 0 Å². The predicted octanol–water partition coefficient (Wildman–Crippen LogP) is 5.33. The summed E-state index contributed by atoms with van der Waals surface area (Å²) in [4.78, 5) is 46.0. The summed E-state index contributed by atoms with van der Waals surface area (Å²) in [7, 11) is 3.94. The number of amides is 4. The Morgan fingerprint density at radius 2 is 1.62 bits per heavy atom. The number of hydrogen-bond donors (Lipinski definition) is 3. The van der Waals surface area contributed by atoms with Crippen molar-refractivity contribution in [2.24, 2.45) is 0 Å². The van der Waals surface area contributed by atoms with Gasteiger partial charge in [-0.15, -0.1) is 0 Å². The van der Waals surface area contributed by atoms with Crippen LogP contribution in [0.4, 0.5) is 21.0 Å². The lowest BCUT2D eigenvalue weighted by Crippen LogP contribution is -2.43. The maximum absolute atomic E-state index is 12.9. The number of carbonyl (C=O) groups excluding carboxylic acids is 3. The lowest BCUT2D eigenvalue weighted by atomic mass is 10.2. The molecule has 0 fully saturated rings. The lowest BCUT2D eigenvalue weighted by molar-refractivity contribution is 0.0635. The molecule has 214 valence electrons. The topological polar surface area (TPSA) is 116 Å². The van der Waals surface area contributed by atoms with E-state index in [0.29, 0.717) is 31.0 Å². The Bertz CT molecular complexity index is 1070. The van der Waals surface area contributed by atoms with Crippen molar-refractivity contribution in [2.75, 3.05) is 44.4 Å². The minimum absolute atomic E-state index is 0.107. The SMILES string of the molecule is CCCCCCNC(=O)N(CCN(C)C)Cc1ccc(C(=O)Nc2ccccc2NC(=O)OC(C)(C)C)nc1. The molecule has 0 saturated heterocycles. The zero-order chi connectivity index (χ0) is 28.8. The lowest BCUT2D eigenvalue weighted by Gasteiger charge is -2.25. The van der Waals surface area contributed by atoms with Gasteiger partial charge in [0.1, 0.15) is 11.3 Å². The molecule has 1 heterocycles. The molecule has 10 nitrogen and oxygen atoms in total. The normalized spacial score (nSPS) is 11.2. The molecule has 0 unspecified atom stereocenters. The van der Waals surface area contributed by atoms with Crippen molar-refractivity contribution >= 4 is 29.4 Å². The smallest absolute Gasteiger partial charge is 0.412 e. The molecule has 2 rings (SSSR count). The van der Waals surface area contributed by atoms with Gasteiger partial charge in [0.05, 0.1) is 11.4 Å². The van der Waals surface area contributed by atoms with Gasteiger partial charge in [-0.2, -0.15) is 0 Å². The molecule has 0 spiro atoms. The first-order valence-corrected chi connectivity index (χ1v) is 13.5. The van der Waals surface area contributed by atoms with Gasteiger partial charge in [0.2, 0.25) is 0 Å². The summed E-state index contributed by atoms with van der Waals surface area (Å²) in [6, 6.07) is 10.2. The molecule has 0 aliphatic rings. The van der Waals surface area contributed by atoms with E-state index in [1.54, 1.807) is 68.3 Å². The van der Waals surface area contributed by atoms with Crippen LogP contribution in [0, 0.1) is 0 Å². The zero-order valence-electron chi connectivity index (χ0n) is 24.2. The van der Waals surface area contributed by atoms with Crippen LogP contribution in [-0.2, 0) is 11.3 Å². The van der Waals surface area contributed by atoms with E-state index in [2.05, 4.69) is 27.9 Å². The molecule has 1 aromatic carbocycles. The van der Waals surface area contributed by atoms with Crippen molar-refractivity contribution in [2.45, 2.75) is 65.5 Å². The number of likely N-dealkylation sites (N-methyl/N-ethyl adjacent to an activating group) is 1. The first-order valence-electron chi connectivity index (χ1n) is 13.5. The fourth-order valence-corrected chi connectivity index (χ4v) is 3.61. The summed E-state index contributed by atoms with van der Waals surface area (Å²) >= 11 is 0. The summed E-state index contributed by atoms with van der Waals surface area (Å²) in [5, 5.41) is 8.48. The highest BCUT2D eigenvalue weighted by Crippen LogP contribution is 2.22. The maximum atomic E-state index is 12.9. The van der Waals surface area contributed by atoms with Crippen LogP contribution < -0.4 is 16.0 Å². The number of anilines is 2. The molecule has 0 bridgehead atoms. The number of urea groups is 1. The van der Waals surface area contributed by atoms with Crippen LogP contribution >= 0.6 is 0 Å². The van der Waals surface area contributed by atoms with E-state index >= 15 is 0 Å². The minimum atomic E-state index is -0.648. The molecule has 0 saturated carbocycles. The van der Waals surface area contributed by atoms with Crippen LogP contribution in [0.3, 0.4) is 0 Å². The maximum Gasteiger partial charge on any atom is 0.412 e. The molecule has 0 aliphatic carbocycles. The summed E-state index contributed by atoms with van der Waals surface area (Å²) in [5.41, 5.74) is 1.22. The number of pyridine rings is 1. The number of carbonyl (C=O) groups is 3. The largest absolute Gasteiger partial charge is 0.444 e. The first kappa shape index (κ1) is 31.6. The molecule has 2 aromatic rings. The van der Waals surface area contributed by atoms with Crippen LogP contribution in [0.5, 0.6) is 0 Å². The van der Waals surface area contributed by atoms with Gasteiger partial charge >= 0.3 is 12.1 Å². The average Bonchev–Trinajstić information content (AvgIpc) is 2.86.